The Balaban J connectivity index is 2.09. The largest absolute Gasteiger partial charge is 0.302 e. The lowest BCUT2D eigenvalue weighted by Crippen LogP contribution is -2.35. The fraction of sp³-hybridized carbons (Fsp3) is 0.600. The van der Waals surface area contributed by atoms with E-state index in [-0.39, 0.29) is 5.50 Å². The van der Waals surface area contributed by atoms with Crippen LogP contribution in [-0.2, 0) is 0 Å². The van der Waals surface area contributed by atoms with Crippen LogP contribution in [0.2, 0.25) is 0 Å². The Morgan fingerprint density at radius 1 is 1.50 bits per heavy atom. The molecule has 0 aromatic heterocycles. The van der Waals surface area contributed by atoms with Gasteiger partial charge in [-0.05, 0) is 32.5 Å². The molecule has 0 bridgehead atoms. The second-order valence-electron chi connectivity index (χ2n) is 3.76. The summed E-state index contributed by atoms with van der Waals surface area (Å²) in [6, 6.07) is 0.447. The molecular weight excluding hydrogens is 219 g/mol. The number of dihydropyridines is 1. The summed E-state index contributed by atoms with van der Waals surface area (Å²) in [4.78, 5) is 6.46. The average molecular weight is 232 g/mol. The van der Waals surface area contributed by atoms with Gasteiger partial charge in [-0.15, -0.1) is 0 Å². The minimum absolute atomic E-state index is 0.280. The van der Waals surface area contributed by atoms with E-state index in [0.29, 0.717) is 11.2 Å². The minimum atomic E-state index is -0.280. The molecule has 2 aliphatic heterocycles. The highest BCUT2D eigenvalue weighted by molar-refractivity contribution is 6.68. The zero-order valence-corrected chi connectivity index (χ0v) is 9.59. The molecule has 4 heteroatoms. The minimum Gasteiger partial charge on any atom is -0.302 e. The van der Waals surface area contributed by atoms with Crippen LogP contribution in [0.15, 0.2) is 17.1 Å². The van der Waals surface area contributed by atoms with Crippen LogP contribution < -0.4 is 0 Å². The lowest BCUT2D eigenvalue weighted by atomic mass is 9.96. The van der Waals surface area contributed by atoms with Crippen LogP contribution in [-0.4, -0.2) is 35.2 Å². The van der Waals surface area contributed by atoms with Crippen LogP contribution in [0, 0.1) is 5.92 Å². The van der Waals surface area contributed by atoms with Crippen LogP contribution in [0.25, 0.3) is 0 Å². The van der Waals surface area contributed by atoms with Crippen molar-refractivity contribution in [2.24, 2.45) is 4.99 Å². The van der Waals surface area contributed by atoms with Crippen LogP contribution >= 0.6 is 23.2 Å². The van der Waals surface area contributed by atoms with E-state index < -0.39 is 0 Å². The second-order valence-corrected chi connectivity index (χ2v) is 4.56. The molecule has 2 rings (SSSR count). The smallest absolute Gasteiger partial charge is 0.137 e. The zero-order valence-electron chi connectivity index (χ0n) is 8.08. The fourth-order valence-corrected chi connectivity index (χ4v) is 2.61. The van der Waals surface area contributed by atoms with E-state index in [4.69, 9.17) is 23.2 Å². The molecule has 2 nitrogen and oxygen atoms in total. The number of aliphatic imine (C=N–C) groups is 1. The van der Waals surface area contributed by atoms with Gasteiger partial charge in [-0.25, -0.2) is 0 Å². The van der Waals surface area contributed by atoms with Gasteiger partial charge in [-0.1, -0.05) is 29.3 Å². The van der Waals surface area contributed by atoms with Gasteiger partial charge in [0, 0.05) is 6.04 Å². The summed E-state index contributed by atoms with van der Waals surface area (Å²) in [5, 5.41) is 0.495. The van der Waals surface area contributed by atoms with Crippen LogP contribution in [0.4, 0.5) is 0 Å². The van der Waals surface area contributed by atoms with Crippen LogP contribution in [0.5, 0.6) is 0 Å². The Kier molecular flexibility index (Phi) is 3.15. The predicted octanol–water partition coefficient (Wildman–Crippen LogP) is 2.43. The summed E-state index contributed by atoms with van der Waals surface area (Å²) >= 11 is 11.9. The first-order chi connectivity index (χ1) is 6.68. The van der Waals surface area contributed by atoms with Gasteiger partial charge < -0.3 is 4.90 Å². The maximum atomic E-state index is 6.14. The summed E-state index contributed by atoms with van der Waals surface area (Å²) in [5.41, 5.74) is -0.280. The van der Waals surface area contributed by atoms with E-state index in [1.54, 1.807) is 0 Å². The summed E-state index contributed by atoms with van der Waals surface area (Å²) in [6.45, 7) is 1.14. The predicted molar refractivity (Wildman–Crippen MR) is 61.0 cm³/mol. The highest BCUT2D eigenvalue weighted by Crippen LogP contribution is 2.32. The van der Waals surface area contributed by atoms with E-state index >= 15 is 0 Å². The second kappa shape index (κ2) is 4.21. The van der Waals surface area contributed by atoms with Gasteiger partial charge in [0.15, 0.2) is 0 Å². The molecule has 0 aromatic carbocycles. The summed E-state index contributed by atoms with van der Waals surface area (Å²) in [5.74, 6) is 1.18. The summed E-state index contributed by atoms with van der Waals surface area (Å²) in [6.07, 6.45) is 6.24. The zero-order chi connectivity index (χ0) is 10.1. The molecule has 0 amide bonds. The Bertz CT molecular complexity index is 275. The van der Waals surface area contributed by atoms with Gasteiger partial charge in [0.25, 0.3) is 0 Å². The van der Waals surface area contributed by atoms with E-state index in [1.165, 1.54) is 18.8 Å². The molecule has 2 aliphatic rings. The standard InChI is InChI=1S/C10H13Cl2N2/c1-14-6-2-3-8(14)7-4-5-9(11)13-10(7)12/h4-5,8,10H,2-3,6H2,1H3/t8-,10?/m0/s1. The number of halogens is 2. The molecular formula is C10H13Cl2N2. The van der Waals surface area contributed by atoms with Gasteiger partial charge in [-0.2, -0.15) is 0 Å². The van der Waals surface area contributed by atoms with E-state index in [0.717, 1.165) is 6.54 Å². The third kappa shape index (κ3) is 1.97. The third-order valence-corrected chi connectivity index (χ3v) is 3.40. The lowest BCUT2D eigenvalue weighted by Gasteiger charge is -2.29. The normalized spacial score (nSPS) is 34.9. The van der Waals surface area contributed by atoms with Crippen molar-refractivity contribution in [1.82, 2.24) is 4.90 Å². The van der Waals surface area contributed by atoms with Crippen molar-refractivity contribution in [3.63, 3.8) is 0 Å². The first kappa shape index (κ1) is 10.5. The van der Waals surface area contributed by atoms with Gasteiger partial charge in [0.05, 0.1) is 5.92 Å². The molecule has 0 N–H and O–H groups in total. The highest BCUT2D eigenvalue weighted by atomic mass is 35.5. The molecule has 1 fully saturated rings. The van der Waals surface area contributed by atoms with Crippen molar-refractivity contribution in [2.45, 2.75) is 24.4 Å². The molecule has 77 valence electrons. The number of nitrogens with zero attached hydrogens (tertiary/aromatic N) is 2. The van der Waals surface area contributed by atoms with Crippen molar-refractivity contribution < 1.29 is 0 Å². The number of hydrogen-bond donors (Lipinski definition) is 0. The van der Waals surface area contributed by atoms with Crippen molar-refractivity contribution in [2.75, 3.05) is 13.6 Å². The Hall–Kier alpha value is -0.0500. The average Bonchev–Trinajstić information content (AvgIpc) is 2.52. The van der Waals surface area contributed by atoms with Gasteiger partial charge in [0.2, 0.25) is 0 Å². The summed E-state index contributed by atoms with van der Waals surface area (Å²) < 4.78 is 0. The first-order valence-corrected chi connectivity index (χ1v) is 5.62. The van der Waals surface area contributed by atoms with Gasteiger partial charge in [0.1, 0.15) is 10.7 Å². The van der Waals surface area contributed by atoms with E-state index in [1.807, 2.05) is 12.2 Å². The molecule has 2 atom stereocenters. The Labute approximate surface area is 94.6 Å². The molecule has 0 aliphatic carbocycles. The molecule has 1 unspecified atom stereocenters. The SMILES string of the molecule is CN1CCC[C@H]1[C]1C=CC(Cl)=NC1Cl. The number of alkyl halides is 1. The van der Waals surface area contributed by atoms with Crippen molar-refractivity contribution in [1.29, 1.82) is 0 Å². The summed E-state index contributed by atoms with van der Waals surface area (Å²) in [7, 11) is 2.13. The quantitative estimate of drug-likeness (QED) is 0.500. The van der Waals surface area contributed by atoms with Crippen LogP contribution in [0.3, 0.4) is 0 Å². The highest BCUT2D eigenvalue weighted by Gasteiger charge is 2.34. The van der Waals surface area contributed by atoms with Crippen LogP contribution in [0.1, 0.15) is 12.8 Å². The monoisotopic (exact) mass is 231 g/mol. The Morgan fingerprint density at radius 2 is 2.29 bits per heavy atom. The molecule has 1 radical (unpaired) electrons. The fourth-order valence-electron chi connectivity index (χ4n) is 2.07. The number of likely N-dealkylation sites (tertiary alicyclic amines) is 1. The topological polar surface area (TPSA) is 15.6 Å². The van der Waals surface area contributed by atoms with Crippen molar-refractivity contribution in [3.8, 4) is 0 Å². The number of hydrogen-bond acceptors (Lipinski definition) is 2. The van der Waals surface area contributed by atoms with Crippen molar-refractivity contribution in [3.05, 3.63) is 18.1 Å². The number of rotatable bonds is 1. The maximum absolute atomic E-state index is 6.14. The molecule has 1 saturated heterocycles. The first-order valence-electron chi connectivity index (χ1n) is 4.81. The number of allylic oxidation sites excluding steroid dienone is 1. The maximum Gasteiger partial charge on any atom is 0.137 e. The van der Waals surface area contributed by atoms with Gasteiger partial charge >= 0.3 is 0 Å². The Morgan fingerprint density at radius 3 is 2.86 bits per heavy atom. The molecule has 0 saturated carbocycles. The molecule has 2 heterocycles. The van der Waals surface area contributed by atoms with E-state index in [9.17, 15) is 0 Å². The third-order valence-electron chi connectivity index (χ3n) is 2.83. The molecule has 14 heavy (non-hydrogen) atoms. The van der Waals surface area contributed by atoms with Gasteiger partial charge in [-0.3, -0.25) is 4.99 Å². The van der Waals surface area contributed by atoms with E-state index in [2.05, 4.69) is 16.9 Å². The molecule has 0 spiro atoms. The molecule has 0 aromatic rings. The van der Waals surface area contributed by atoms with Crippen molar-refractivity contribution >= 4 is 28.4 Å². The lowest BCUT2D eigenvalue weighted by molar-refractivity contribution is 0.322.